The minimum absolute atomic E-state index is 0.212. The first-order chi connectivity index (χ1) is 9.38. The van der Waals surface area contributed by atoms with Gasteiger partial charge in [0.15, 0.2) is 0 Å². The van der Waals surface area contributed by atoms with Gasteiger partial charge in [0, 0.05) is 0 Å². The molecule has 2 unspecified atom stereocenters. The maximum absolute atomic E-state index is 10.8. The molecule has 0 aromatic carbocycles. The average Bonchev–Trinajstić information content (AvgIpc) is 2.36. The SMILES string of the molecule is CCCCCCCC(O)CCCCCC(C)S(=O)(=O)O. The van der Waals surface area contributed by atoms with E-state index in [1.54, 1.807) is 0 Å². The molecule has 0 aliphatic heterocycles. The monoisotopic (exact) mass is 308 g/mol. The highest BCUT2D eigenvalue weighted by Gasteiger charge is 2.16. The fourth-order valence-electron chi connectivity index (χ4n) is 2.27. The summed E-state index contributed by atoms with van der Waals surface area (Å²) in [7, 11) is -3.88. The maximum atomic E-state index is 10.8. The number of hydrogen-bond acceptors (Lipinski definition) is 3. The highest BCUT2D eigenvalue weighted by Crippen LogP contribution is 2.14. The molecule has 0 heterocycles. The summed E-state index contributed by atoms with van der Waals surface area (Å²) >= 11 is 0. The van der Waals surface area contributed by atoms with Crippen LogP contribution in [0.2, 0.25) is 0 Å². The third-order valence-electron chi connectivity index (χ3n) is 3.80. The molecule has 4 nitrogen and oxygen atoms in total. The van der Waals surface area contributed by atoms with Gasteiger partial charge in [-0.05, 0) is 26.2 Å². The summed E-state index contributed by atoms with van der Waals surface area (Å²) in [4.78, 5) is 0. The Kier molecular flexibility index (Phi) is 11.4. The van der Waals surface area contributed by atoms with Crippen molar-refractivity contribution in [3.63, 3.8) is 0 Å². The normalized spacial score (nSPS) is 15.2. The van der Waals surface area contributed by atoms with Crippen LogP contribution in [0.25, 0.3) is 0 Å². The summed E-state index contributed by atoms with van der Waals surface area (Å²) in [6.45, 7) is 3.72. The van der Waals surface area contributed by atoms with E-state index >= 15 is 0 Å². The minimum Gasteiger partial charge on any atom is -0.393 e. The highest BCUT2D eigenvalue weighted by molar-refractivity contribution is 7.86. The molecule has 20 heavy (non-hydrogen) atoms. The van der Waals surface area contributed by atoms with E-state index in [4.69, 9.17) is 4.55 Å². The quantitative estimate of drug-likeness (QED) is 0.399. The highest BCUT2D eigenvalue weighted by atomic mass is 32.2. The Bertz CT molecular complexity index is 314. The van der Waals surface area contributed by atoms with E-state index in [2.05, 4.69) is 6.92 Å². The Morgan fingerprint density at radius 1 is 0.850 bits per heavy atom. The van der Waals surface area contributed by atoms with Crippen LogP contribution in [0.4, 0.5) is 0 Å². The average molecular weight is 308 g/mol. The Hall–Kier alpha value is -0.130. The van der Waals surface area contributed by atoms with Crippen molar-refractivity contribution in [1.82, 2.24) is 0 Å². The van der Waals surface area contributed by atoms with Crippen LogP contribution in [0.3, 0.4) is 0 Å². The van der Waals surface area contributed by atoms with Crippen molar-refractivity contribution in [2.24, 2.45) is 0 Å². The van der Waals surface area contributed by atoms with Gasteiger partial charge in [0.1, 0.15) is 0 Å². The Balaban J connectivity index is 3.42. The molecule has 0 spiro atoms. The molecule has 2 atom stereocenters. The fourth-order valence-corrected chi connectivity index (χ4v) is 2.73. The topological polar surface area (TPSA) is 74.6 Å². The molecule has 0 bridgehead atoms. The van der Waals surface area contributed by atoms with Crippen LogP contribution in [0.15, 0.2) is 0 Å². The molecule has 0 aliphatic rings. The van der Waals surface area contributed by atoms with Gasteiger partial charge in [0.25, 0.3) is 10.1 Å². The van der Waals surface area contributed by atoms with E-state index in [1.165, 1.54) is 32.6 Å². The van der Waals surface area contributed by atoms with Crippen LogP contribution in [0, 0.1) is 0 Å². The van der Waals surface area contributed by atoms with E-state index < -0.39 is 15.4 Å². The molecule has 5 heteroatoms. The molecule has 0 fully saturated rings. The van der Waals surface area contributed by atoms with Gasteiger partial charge in [-0.15, -0.1) is 0 Å². The molecule has 0 saturated heterocycles. The minimum atomic E-state index is -3.88. The second-order valence-electron chi connectivity index (χ2n) is 5.82. The van der Waals surface area contributed by atoms with Crippen molar-refractivity contribution in [2.45, 2.75) is 95.8 Å². The first-order valence-electron chi connectivity index (χ1n) is 8.02. The lowest BCUT2D eigenvalue weighted by Gasteiger charge is -2.11. The maximum Gasteiger partial charge on any atom is 0.267 e. The molecule has 0 saturated carbocycles. The van der Waals surface area contributed by atoms with E-state index in [1.807, 2.05) is 0 Å². The molecular formula is C15H32O4S. The van der Waals surface area contributed by atoms with Gasteiger partial charge in [-0.3, -0.25) is 4.55 Å². The van der Waals surface area contributed by atoms with Gasteiger partial charge >= 0.3 is 0 Å². The van der Waals surface area contributed by atoms with Gasteiger partial charge < -0.3 is 5.11 Å². The van der Waals surface area contributed by atoms with Crippen molar-refractivity contribution in [1.29, 1.82) is 0 Å². The molecule has 0 amide bonds. The second-order valence-corrected chi connectivity index (χ2v) is 7.65. The smallest absolute Gasteiger partial charge is 0.267 e. The van der Waals surface area contributed by atoms with Gasteiger partial charge in [0.05, 0.1) is 11.4 Å². The van der Waals surface area contributed by atoms with Crippen molar-refractivity contribution in [2.75, 3.05) is 0 Å². The molecule has 0 radical (unpaired) electrons. The lowest BCUT2D eigenvalue weighted by atomic mass is 10.0. The Morgan fingerprint density at radius 3 is 1.80 bits per heavy atom. The summed E-state index contributed by atoms with van der Waals surface area (Å²) < 4.78 is 30.4. The Morgan fingerprint density at radius 2 is 1.30 bits per heavy atom. The fraction of sp³-hybridized carbons (Fsp3) is 1.00. The number of unbranched alkanes of at least 4 members (excludes halogenated alkanes) is 6. The van der Waals surface area contributed by atoms with Crippen LogP contribution in [-0.4, -0.2) is 29.4 Å². The van der Waals surface area contributed by atoms with E-state index in [0.29, 0.717) is 6.42 Å². The Labute approximate surface area is 124 Å². The van der Waals surface area contributed by atoms with Crippen molar-refractivity contribution in [3.05, 3.63) is 0 Å². The number of hydrogen-bond donors (Lipinski definition) is 2. The zero-order valence-electron chi connectivity index (χ0n) is 13.1. The second kappa shape index (κ2) is 11.5. The third-order valence-corrected chi connectivity index (χ3v) is 5.05. The van der Waals surface area contributed by atoms with Crippen LogP contribution in [0.1, 0.15) is 84.5 Å². The summed E-state index contributed by atoms with van der Waals surface area (Å²) in [6, 6.07) is 0. The molecule has 0 aromatic rings. The first kappa shape index (κ1) is 19.9. The molecule has 2 N–H and O–H groups in total. The van der Waals surface area contributed by atoms with Gasteiger partial charge in [-0.1, -0.05) is 58.3 Å². The predicted octanol–water partition coefficient (Wildman–Crippen LogP) is 3.93. The van der Waals surface area contributed by atoms with Gasteiger partial charge in [0.2, 0.25) is 0 Å². The van der Waals surface area contributed by atoms with Crippen LogP contribution in [0.5, 0.6) is 0 Å². The zero-order chi connectivity index (χ0) is 15.4. The lowest BCUT2D eigenvalue weighted by Crippen LogP contribution is -2.16. The summed E-state index contributed by atoms with van der Waals surface area (Å²) in [5, 5.41) is 9.13. The zero-order valence-corrected chi connectivity index (χ0v) is 13.9. The van der Waals surface area contributed by atoms with Crippen LogP contribution >= 0.6 is 0 Å². The molecular weight excluding hydrogens is 276 g/mol. The predicted molar refractivity (Wildman–Crippen MR) is 83.5 cm³/mol. The summed E-state index contributed by atoms with van der Waals surface area (Å²) in [5.41, 5.74) is 0. The largest absolute Gasteiger partial charge is 0.393 e. The molecule has 0 aliphatic carbocycles. The number of aliphatic hydroxyl groups is 1. The van der Waals surface area contributed by atoms with Gasteiger partial charge in [-0.25, -0.2) is 0 Å². The third kappa shape index (κ3) is 11.7. The number of aliphatic hydroxyl groups excluding tert-OH is 1. The van der Waals surface area contributed by atoms with E-state index in [9.17, 15) is 13.5 Å². The molecule has 0 rings (SSSR count). The van der Waals surface area contributed by atoms with Crippen LogP contribution < -0.4 is 0 Å². The molecule has 0 aromatic heterocycles. The van der Waals surface area contributed by atoms with Crippen molar-refractivity contribution < 1.29 is 18.1 Å². The first-order valence-corrected chi connectivity index (χ1v) is 9.52. The number of rotatable bonds is 13. The van der Waals surface area contributed by atoms with Crippen molar-refractivity contribution >= 4 is 10.1 Å². The standard InChI is InChI=1S/C15H32O4S/c1-3-4-5-6-9-12-15(16)13-10-7-8-11-14(2)20(17,18)19/h14-16H,3-13H2,1-2H3,(H,17,18,19). The van der Waals surface area contributed by atoms with E-state index in [0.717, 1.165) is 38.5 Å². The van der Waals surface area contributed by atoms with E-state index in [-0.39, 0.29) is 6.10 Å². The summed E-state index contributed by atoms with van der Waals surface area (Å²) in [6.07, 6.45) is 10.7. The lowest BCUT2D eigenvalue weighted by molar-refractivity contribution is 0.147. The summed E-state index contributed by atoms with van der Waals surface area (Å²) in [5.74, 6) is 0. The van der Waals surface area contributed by atoms with Gasteiger partial charge in [-0.2, -0.15) is 8.42 Å². The molecule has 122 valence electrons. The van der Waals surface area contributed by atoms with Crippen molar-refractivity contribution in [3.8, 4) is 0 Å². The van der Waals surface area contributed by atoms with Crippen LogP contribution in [-0.2, 0) is 10.1 Å².